The molecule has 13 heteroatoms. The van der Waals surface area contributed by atoms with Gasteiger partial charge in [-0.25, -0.2) is 9.59 Å². The van der Waals surface area contributed by atoms with Crippen molar-refractivity contribution in [3.05, 3.63) is 102 Å². The highest BCUT2D eigenvalue weighted by Gasteiger charge is 2.40. The predicted molar refractivity (Wildman–Crippen MR) is 174 cm³/mol. The molecule has 48 heavy (non-hydrogen) atoms. The van der Waals surface area contributed by atoms with Crippen molar-refractivity contribution in [1.82, 2.24) is 20.4 Å². The number of ether oxygens (including phenoxy) is 3. The Morgan fingerprint density at radius 3 is 2.02 bits per heavy atom. The Morgan fingerprint density at radius 1 is 0.833 bits per heavy atom. The molecular formula is C35H40N4O9. The number of nitrogens with zero attached hydrogens (tertiary/aromatic N) is 2. The van der Waals surface area contributed by atoms with Crippen LogP contribution in [0, 0.1) is 0 Å². The van der Waals surface area contributed by atoms with Crippen LogP contribution >= 0.6 is 0 Å². The van der Waals surface area contributed by atoms with Crippen molar-refractivity contribution in [2.24, 2.45) is 0 Å². The molecule has 0 radical (unpaired) electrons. The van der Waals surface area contributed by atoms with Crippen molar-refractivity contribution in [2.75, 3.05) is 33.3 Å². The van der Waals surface area contributed by atoms with Gasteiger partial charge in [-0.2, -0.15) is 0 Å². The van der Waals surface area contributed by atoms with Gasteiger partial charge < -0.3 is 39.8 Å². The lowest BCUT2D eigenvalue weighted by molar-refractivity contribution is -0.156. The van der Waals surface area contributed by atoms with E-state index in [0.717, 1.165) is 16.7 Å². The zero-order valence-electron chi connectivity index (χ0n) is 26.7. The quantitative estimate of drug-likeness (QED) is 0.208. The first-order chi connectivity index (χ1) is 23.2. The Bertz CT molecular complexity index is 1520. The van der Waals surface area contributed by atoms with Gasteiger partial charge in [0.15, 0.2) is 0 Å². The highest BCUT2D eigenvalue weighted by molar-refractivity contribution is 5.93. The van der Waals surface area contributed by atoms with E-state index >= 15 is 0 Å². The summed E-state index contributed by atoms with van der Waals surface area (Å²) in [7, 11) is 1.54. The number of amides is 4. The molecule has 1 fully saturated rings. The molecule has 4 rings (SSSR count). The van der Waals surface area contributed by atoms with Crippen molar-refractivity contribution >= 4 is 30.0 Å². The molecule has 0 saturated carbocycles. The summed E-state index contributed by atoms with van der Waals surface area (Å²) >= 11 is 0. The summed E-state index contributed by atoms with van der Waals surface area (Å²) in [5.41, 5.74) is 2.32. The lowest BCUT2D eigenvalue weighted by Crippen LogP contribution is -2.63. The Labute approximate surface area is 278 Å². The van der Waals surface area contributed by atoms with Gasteiger partial charge in [0, 0.05) is 26.1 Å². The normalized spacial score (nSPS) is 14.9. The largest absolute Gasteiger partial charge is 0.497 e. The van der Waals surface area contributed by atoms with E-state index in [2.05, 4.69) is 10.6 Å². The Balaban J connectivity index is 1.44. The number of hydrogen-bond donors (Lipinski definition) is 3. The molecule has 1 heterocycles. The first-order valence-electron chi connectivity index (χ1n) is 15.6. The molecule has 254 valence electrons. The Kier molecular flexibility index (Phi) is 13.2. The van der Waals surface area contributed by atoms with E-state index in [1.165, 1.54) is 16.9 Å². The van der Waals surface area contributed by atoms with Crippen LogP contribution < -0.4 is 15.4 Å². The van der Waals surface area contributed by atoms with Gasteiger partial charge in [-0.05, 0) is 41.7 Å². The molecule has 3 aromatic rings. The van der Waals surface area contributed by atoms with Crippen molar-refractivity contribution in [3.8, 4) is 5.75 Å². The fourth-order valence-electron chi connectivity index (χ4n) is 5.27. The van der Waals surface area contributed by atoms with Crippen LogP contribution in [-0.2, 0) is 43.5 Å². The molecule has 0 unspecified atom stereocenters. The molecule has 2 atom stereocenters. The minimum Gasteiger partial charge on any atom is -0.497 e. The number of carboxylic acids is 1. The van der Waals surface area contributed by atoms with Gasteiger partial charge in [-0.15, -0.1) is 0 Å². The number of nitrogens with one attached hydrogen (secondary N) is 2. The molecule has 3 N–H and O–H groups in total. The number of carboxylic acid groups (broad SMARTS) is 1. The second-order valence-electron chi connectivity index (χ2n) is 11.1. The summed E-state index contributed by atoms with van der Waals surface area (Å²) in [5.74, 6) is -1.61. The van der Waals surface area contributed by atoms with E-state index in [9.17, 15) is 29.1 Å². The molecule has 1 aliphatic rings. The molecule has 0 spiro atoms. The molecule has 1 saturated heterocycles. The molecule has 1 aliphatic heterocycles. The van der Waals surface area contributed by atoms with Gasteiger partial charge >= 0.3 is 18.2 Å². The van der Waals surface area contributed by atoms with Crippen molar-refractivity contribution in [3.63, 3.8) is 0 Å². The third kappa shape index (κ3) is 10.7. The minimum atomic E-state index is -1.18. The zero-order chi connectivity index (χ0) is 34.3. The van der Waals surface area contributed by atoms with Gasteiger partial charge in [0.2, 0.25) is 11.8 Å². The summed E-state index contributed by atoms with van der Waals surface area (Å²) in [6.07, 6.45) is -0.929. The molecule has 13 nitrogen and oxygen atoms in total. The lowest BCUT2D eigenvalue weighted by Gasteiger charge is -2.41. The van der Waals surface area contributed by atoms with E-state index in [4.69, 9.17) is 14.2 Å². The van der Waals surface area contributed by atoms with E-state index < -0.39 is 48.6 Å². The highest BCUT2D eigenvalue weighted by atomic mass is 16.6. The summed E-state index contributed by atoms with van der Waals surface area (Å²) in [5, 5.41) is 14.7. The number of alkyl carbamates (subject to hydrolysis) is 2. The van der Waals surface area contributed by atoms with Crippen LogP contribution in [0.3, 0.4) is 0 Å². The average Bonchev–Trinajstić information content (AvgIpc) is 3.10. The average molecular weight is 661 g/mol. The molecule has 0 aromatic heterocycles. The predicted octanol–water partition coefficient (Wildman–Crippen LogP) is 3.36. The standard InChI is InChI=1S/C35H40N4O9/c1-46-28-16-14-25(15-17-28)21-29(37-35(45)48-24-27-11-6-3-7-12-27)32(42)39-20-19-38(22-31(40)41)33(43)30(39)13-8-18-36-34(44)47-23-26-9-4-2-5-10-26/h2-7,9-12,14-17,29-30H,8,13,18-24H2,1H3,(H,36,44)(H,37,45)(H,40,41)/t29-,30-/m0/s1. The first-order valence-corrected chi connectivity index (χ1v) is 15.6. The first kappa shape index (κ1) is 35.3. The number of carbonyl (C=O) groups excluding carboxylic acids is 4. The van der Waals surface area contributed by atoms with E-state index in [0.29, 0.717) is 5.75 Å². The van der Waals surface area contributed by atoms with E-state index in [1.54, 1.807) is 36.4 Å². The fraction of sp³-hybridized carbons (Fsp3) is 0.343. The van der Waals surface area contributed by atoms with Crippen LogP contribution in [0.2, 0.25) is 0 Å². The maximum absolute atomic E-state index is 14.1. The molecule has 0 aliphatic carbocycles. The number of methoxy groups -OCH3 is 1. The monoisotopic (exact) mass is 660 g/mol. The zero-order valence-corrected chi connectivity index (χ0v) is 26.7. The van der Waals surface area contributed by atoms with Crippen LogP contribution in [0.15, 0.2) is 84.9 Å². The molecule has 0 bridgehead atoms. The second kappa shape index (κ2) is 17.9. The van der Waals surface area contributed by atoms with Crippen molar-refractivity contribution < 1.29 is 43.3 Å². The van der Waals surface area contributed by atoms with Gasteiger partial charge in [0.25, 0.3) is 0 Å². The van der Waals surface area contributed by atoms with Gasteiger partial charge in [0.1, 0.15) is 37.6 Å². The van der Waals surface area contributed by atoms with Gasteiger partial charge in [-0.1, -0.05) is 72.8 Å². The van der Waals surface area contributed by atoms with Gasteiger partial charge in [-0.3, -0.25) is 14.4 Å². The number of aliphatic carboxylic acids is 1. The Hall–Kier alpha value is -5.59. The van der Waals surface area contributed by atoms with Gasteiger partial charge in [0.05, 0.1) is 7.11 Å². The molecule has 3 aromatic carbocycles. The summed E-state index contributed by atoms with van der Waals surface area (Å²) in [4.78, 5) is 66.9. The SMILES string of the molecule is COc1ccc(C[C@H](NC(=O)OCc2ccccc2)C(=O)N2CCN(CC(=O)O)C(=O)[C@@H]2CCCNC(=O)OCc2ccccc2)cc1. The number of benzene rings is 3. The van der Waals surface area contributed by atoms with Crippen molar-refractivity contribution in [2.45, 2.75) is 44.6 Å². The van der Waals surface area contributed by atoms with E-state index in [1.807, 2.05) is 48.5 Å². The van der Waals surface area contributed by atoms with E-state index in [-0.39, 0.29) is 52.1 Å². The molecule has 4 amide bonds. The number of carbonyl (C=O) groups is 5. The van der Waals surface area contributed by atoms with Crippen LogP contribution in [0.1, 0.15) is 29.5 Å². The second-order valence-corrected chi connectivity index (χ2v) is 11.1. The maximum Gasteiger partial charge on any atom is 0.408 e. The number of hydrogen-bond acceptors (Lipinski definition) is 8. The lowest BCUT2D eigenvalue weighted by atomic mass is 10.00. The highest BCUT2D eigenvalue weighted by Crippen LogP contribution is 2.20. The summed E-state index contributed by atoms with van der Waals surface area (Å²) in [6.45, 7) is -0.221. The summed E-state index contributed by atoms with van der Waals surface area (Å²) < 4.78 is 15.9. The van der Waals surface area contributed by atoms with Crippen molar-refractivity contribution in [1.29, 1.82) is 0 Å². The third-order valence-corrected chi connectivity index (χ3v) is 7.73. The summed E-state index contributed by atoms with van der Waals surface area (Å²) in [6, 6.07) is 23.2. The fourth-order valence-corrected chi connectivity index (χ4v) is 5.27. The number of rotatable bonds is 15. The molecular weight excluding hydrogens is 620 g/mol. The van der Waals surface area contributed by atoms with Crippen LogP contribution in [-0.4, -0.2) is 90.2 Å². The topological polar surface area (TPSA) is 164 Å². The Morgan fingerprint density at radius 2 is 1.44 bits per heavy atom. The van der Waals surface area contributed by atoms with Crippen LogP contribution in [0.4, 0.5) is 9.59 Å². The third-order valence-electron chi connectivity index (χ3n) is 7.73. The smallest absolute Gasteiger partial charge is 0.408 e. The maximum atomic E-state index is 14.1. The number of piperazine rings is 1. The van der Waals surface area contributed by atoms with Crippen LogP contribution in [0.25, 0.3) is 0 Å². The van der Waals surface area contributed by atoms with Crippen LogP contribution in [0.5, 0.6) is 5.75 Å². The minimum absolute atomic E-state index is 0.00510.